The Morgan fingerprint density at radius 2 is 1.92 bits per heavy atom. The predicted molar refractivity (Wildman–Crippen MR) is 135 cm³/mol. The first-order chi connectivity index (χ1) is 17.7. The molecule has 0 unspecified atom stereocenters. The SMILES string of the molecule is CC1(C)S[C@@H]2[C@H](CC(=O)[C@H](NC(=O)c3cccc(-c4cn[nH]n4)c3)c3ccccc3)C(=O)N2[C@H]1C(=O)O. The van der Waals surface area contributed by atoms with E-state index in [-0.39, 0.29) is 23.5 Å². The van der Waals surface area contributed by atoms with E-state index in [2.05, 4.69) is 20.7 Å². The van der Waals surface area contributed by atoms with Crippen molar-refractivity contribution in [2.45, 2.75) is 42.5 Å². The zero-order valence-corrected chi connectivity index (χ0v) is 20.9. The summed E-state index contributed by atoms with van der Waals surface area (Å²) in [5, 5.41) is 22.5. The van der Waals surface area contributed by atoms with Crippen LogP contribution >= 0.6 is 11.8 Å². The number of carbonyl (C=O) groups excluding carboxylic acids is 3. The lowest BCUT2D eigenvalue weighted by atomic mass is 9.86. The van der Waals surface area contributed by atoms with E-state index in [0.29, 0.717) is 22.4 Å². The number of amides is 2. The normalized spacial score (nSPS) is 22.6. The molecule has 4 atom stereocenters. The molecule has 2 aliphatic rings. The minimum atomic E-state index is -1.06. The van der Waals surface area contributed by atoms with Gasteiger partial charge in [-0.15, -0.1) is 11.8 Å². The molecular weight excluding hydrogens is 494 g/mol. The molecule has 0 radical (unpaired) electrons. The van der Waals surface area contributed by atoms with Gasteiger partial charge in [-0.3, -0.25) is 14.4 Å². The van der Waals surface area contributed by atoms with Crippen LogP contribution in [0.3, 0.4) is 0 Å². The van der Waals surface area contributed by atoms with E-state index in [9.17, 15) is 24.3 Å². The highest BCUT2D eigenvalue weighted by Crippen LogP contribution is 2.54. The molecule has 3 N–H and O–H groups in total. The Morgan fingerprint density at radius 1 is 1.16 bits per heavy atom. The van der Waals surface area contributed by atoms with Crippen molar-refractivity contribution in [3.63, 3.8) is 0 Å². The van der Waals surface area contributed by atoms with Gasteiger partial charge in [0.2, 0.25) is 5.91 Å². The highest BCUT2D eigenvalue weighted by molar-refractivity contribution is 8.01. The van der Waals surface area contributed by atoms with Crippen LogP contribution in [-0.2, 0) is 14.4 Å². The molecule has 3 aromatic rings. The minimum Gasteiger partial charge on any atom is -0.480 e. The molecule has 0 spiro atoms. The van der Waals surface area contributed by atoms with E-state index in [1.165, 1.54) is 16.7 Å². The molecule has 190 valence electrons. The predicted octanol–water partition coefficient (Wildman–Crippen LogP) is 2.67. The molecule has 11 heteroatoms. The topological polar surface area (TPSA) is 145 Å². The number of Topliss-reactive ketones (excluding diaryl/α,β-unsaturated/α-hetero) is 1. The van der Waals surface area contributed by atoms with Crippen LogP contribution in [0.1, 0.15) is 42.2 Å². The zero-order chi connectivity index (χ0) is 26.3. The Morgan fingerprint density at radius 3 is 2.59 bits per heavy atom. The number of rotatable bonds is 8. The fourth-order valence-electron chi connectivity index (χ4n) is 4.98. The van der Waals surface area contributed by atoms with Crippen molar-refractivity contribution in [2.75, 3.05) is 0 Å². The Labute approximate surface area is 216 Å². The number of nitrogens with zero attached hydrogens (tertiary/aromatic N) is 3. The number of carbonyl (C=O) groups is 4. The van der Waals surface area contributed by atoms with Crippen LogP contribution in [0.2, 0.25) is 0 Å². The van der Waals surface area contributed by atoms with Crippen LogP contribution in [0.5, 0.6) is 0 Å². The largest absolute Gasteiger partial charge is 0.480 e. The summed E-state index contributed by atoms with van der Waals surface area (Å²) in [4.78, 5) is 52.9. The van der Waals surface area contributed by atoms with E-state index in [1.54, 1.807) is 68.6 Å². The summed E-state index contributed by atoms with van der Waals surface area (Å²) < 4.78 is -0.675. The molecule has 2 amide bonds. The average molecular weight is 520 g/mol. The van der Waals surface area contributed by atoms with Gasteiger partial charge < -0.3 is 15.3 Å². The van der Waals surface area contributed by atoms with Crippen LogP contribution in [-0.4, -0.2) is 65.1 Å². The number of carboxylic acid groups (broad SMARTS) is 1. The van der Waals surface area contributed by atoms with E-state index in [4.69, 9.17) is 0 Å². The van der Waals surface area contributed by atoms with Crippen LogP contribution in [0.4, 0.5) is 0 Å². The summed E-state index contributed by atoms with van der Waals surface area (Å²) in [6, 6.07) is 13.8. The number of nitrogens with one attached hydrogen (secondary N) is 2. The van der Waals surface area contributed by atoms with Gasteiger partial charge in [-0.25, -0.2) is 4.79 Å². The zero-order valence-electron chi connectivity index (χ0n) is 20.1. The number of aliphatic carboxylic acids is 1. The van der Waals surface area contributed by atoms with Crippen molar-refractivity contribution in [2.24, 2.45) is 5.92 Å². The third kappa shape index (κ3) is 4.50. The highest BCUT2D eigenvalue weighted by Gasteiger charge is 2.63. The number of β-lactam (4-membered cyclic amide) rings is 1. The quantitative estimate of drug-likeness (QED) is 0.385. The van der Waals surface area contributed by atoms with Crippen molar-refractivity contribution in [1.82, 2.24) is 25.6 Å². The third-order valence-corrected chi connectivity index (χ3v) is 8.40. The number of aromatic amines is 1. The molecule has 2 fully saturated rings. The monoisotopic (exact) mass is 519 g/mol. The number of aromatic nitrogens is 3. The van der Waals surface area contributed by atoms with Gasteiger partial charge in [0.1, 0.15) is 17.8 Å². The fraction of sp³-hybridized carbons (Fsp3) is 0.308. The number of fused-ring (bicyclic) bond motifs is 1. The molecule has 37 heavy (non-hydrogen) atoms. The molecule has 10 nitrogen and oxygen atoms in total. The molecule has 2 aliphatic heterocycles. The lowest BCUT2D eigenvalue weighted by Crippen LogP contribution is -2.63. The fourth-order valence-corrected chi connectivity index (χ4v) is 6.67. The second-order valence-electron chi connectivity index (χ2n) is 9.63. The second kappa shape index (κ2) is 9.47. The van der Waals surface area contributed by atoms with Gasteiger partial charge in [-0.2, -0.15) is 15.4 Å². The number of H-pyrrole nitrogens is 1. The van der Waals surface area contributed by atoms with Crippen molar-refractivity contribution in [3.05, 3.63) is 71.9 Å². The lowest BCUT2D eigenvalue weighted by molar-refractivity contribution is -0.164. The number of benzene rings is 2. The molecule has 3 heterocycles. The lowest BCUT2D eigenvalue weighted by Gasteiger charge is -2.43. The van der Waals surface area contributed by atoms with Gasteiger partial charge in [0, 0.05) is 22.3 Å². The molecule has 1 aromatic heterocycles. The molecule has 2 aromatic carbocycles. The van der Waals surface area contributed by atoms with Crippen molar-refractivity contribution >= 4 is 35.3 Å². The molecule has 0 saturated carbocycles. The van der Waals surface area contributed by atoms with Gasteiger partial charge in [-0.1, -0.05) is 42.5 Å². The van der Waals surface area contributed by atoms with Gasteiger partial charge in [0.05, 0.1) is 17.5 Å². The van der Waals surface area contributed by atoms with E-state index in [0.717, 1.165) is 0 Å². The van der Waals surface area contributed by atoms with E-state index in [1.807, 2.05) is 6.07 Å². The molecule has 0 bridgehead atoms. The third-order valence-electron chi connectivity index (χ3n) is 6.77. The summed E-state index contributed by atoms with van der Waals surface area (Å²) in [5.74, 6) is -2.80. The van der Waals surface area contributed by atoms with E-state index >= 15 is 0 Å². The summed E-state index contributed by atoms with van der Waals surface area (Å²) in [5.41, 5.74) is 2.21. The summed E-state index contributed by atoms with van der Waals surface area (Å²) in [7, 11) is 0. The number of ketones is 1. The standard InChI is InChI=1S/C26H25N5O5S/c1-26(2)21(25(35)36)31-23(34)17(24(31)37-26)12-19(32)20(14-7-4-3-5-8-14)28-22(33)16-10-6-9-15(11-16)18-13-27-30-29-18/h3-11,13,17,20-21,24H,12H2,1-2H3,(H,28,33)(H,35,36)(H,27,29,30)/t17-,20-,21+,24-/m1/s1. The Hall–Kier alpha value is -3.99. The Balaban J connectivity index is 1.36. The number of hydrogen-bond acceptors (Lipinski definition) is 7. The first-order valence-corrected chi connectivity index (χ1v) is 12.6. The van der Waals surface area contributed by atoms with Crippen LogP contribution in [0.15, 0.2) is 60.8 Å². The van der Waals surface area contributed by atoms with Crippen molar-refractivity contribution < 1.29 is 24.3 Å². The maximum absolute atomic E-state index is 13.5. The summed E-state index contributed by atoms with van der Waals surface area (Å²) in [6.45, 7) is 3.59. The molecule has 0 aliphatic carbocycles. The van der Waals surface area contributed by atoms with Crippen LogP contribution in [0, 0.1) is 5.92 Å². The average Bonchev–Trinajstić information content (AvgIpc) is 3.51. The Kier molecular flexibility index (Phi) is 6.32. The molecule has 2 saturated heterocycles. The number of hydrogen-bond donors (Lipinski definition) is 3. The maximum atomic E-state index is 13.5. The maximum Gasteiger partial charge on any atom is 0.327 e. The number of carboxylic acids is 1. The van der Waals surface area contributed by atoms with Gasteiger partial charge in [-0.05, 0) is 31.5 Å². The number of thioether (sulfide) groups is 1. The molecular formula is C26H25N5O5S. The molecule has 5 rings (SSSR count). The Bertz CT molecular complexity index is 1360. The first-order valence-electron chi connectivity index (χ1n) is 11.7. The second-order valence-corrected chi connectivity index (χ2v) is 11.4. The highest BCUT2D eigenvalue weighted by atomic mass is 32.2. The smallest absolute Gasteiger partial charge is 0.327 e. The van der Waals surface area contributed by atoms with Gasteiger partial charge >= 0.3 is 5.97 Å². The van der Waals surface area contributed by atoms with Crippen molar-refractivity contribution in [1.29, 1.82) is 0 Å². The van der Waals surface area contributed by atoms with Crippen molar-refractivity contribution in [3.8, 4) is 11.3 Å². The first kappa shape index (κ1) is 24.7. The van der Waals surface area contributed by atoms with Crippen LogP contribution in [0.25, 0.3) is 11.3 Å². The minimum absolute atomic E-state index is 0.103. The summed E-state index contributed by atoms with van der Waals surface area (Å²) in [6.07, 6.45) is 1.44. The van der Waals surface area contributed by atoms with Crippen LogP contribution < -0.4 is 5.32 Å². The van der Waals surface area contributed by atoms with Gasteiger partial charge in [0.15, 0.2) is 5.78 Å². The summed E-state index contributed by atoms with van der Waals surface area (Å²) >= 11 is 1.40. The van der Waals surface area contributed by atoms with Gasteiger partial charge in [0.25, 0.3) is 5.91 Å². The van der Waals surface area contributed by atoms with E-state index < -0.39 is 34.6 Å².